The molecule has 27 heavy (non-hydrogen) atoms. The van der Waals surface area contributed by atoms with Crippen LogP contribution in [-0.4, -0.2) is 16.8 Å². The molecule has 2 amide bonds. The van der Waals surface area contributed by atoms with Gasteiger partial charge in [-0.3, -0.25) is 14.6 Å². The van der Waals surface area contributed by atoms with E-state index in [2.05, 4.69) is 15.6 Å². The van der Waals surface area contributed by atoms with Crippen LogP contribution in [-0.2, 0) is 0 Å². The highest BCUT2D eigenvalue weighted by Crippen LogP contribution is 2.17. The molecule has 2 aromatic carbocycles. The minimum atomic E-state index is -0.356. The summed E-state index contributed by atoms with van der Waals surface area (Å²) in [7, 11) is 0. The first-order valence-corrected chi connectivity index (χ1v) is 8.65. The number of rotatable bonds is 4. The average molecular weight is 359 g/mol. The van der Waals surface area contributed by atoms with Gasteiger partial charge in [-0.25, -0.2) is 0 Å². The van der Waals surface area contributed by atoms with E-state index in [1.165, 1.54) is 12.3 Å². The molecule has 5 heteroatoms. The van der Waals surface area contributed by atoms with Crippen molar-refractivity contribution in [1.29, 1.82) is 0 Å². The second-order valence-corrected chi connectivity index (χ2v) is 6.45. The number of carbonyl (C=O) groups is 2. The molecule has 0 fully saturated rings. The van der Waals surface area contributed by atoms with E-state index in [0.29, 0.717) is 16.9 Å². The van der Waals surface area contributed by atoms with Crippen LogP contribution in [0.25, 0.3) is 0 Å². The first kappa shape index (κ1) is 18.3. The summed E-state index contributed by atoms with van der Waals surface area (Å²) in [4.78, 5) is 29.1. The van der Waals surface area contributed by atoms with E-state index in [4.69, 9.17) is 0 Å². The lowest BCUT2D eigenvalue weighted by Crippen LogP contribution is -2.17. The number of hydrogen-bond acceptors (Lipinski definition) is 3. The van der Waals surface area contributed by atoms with Crippen LogP contribution >= 0.6 is 0 Å². The monoisotopic (exact) mass is 359 g/mol. The van der Waals surface area contributed by atoms with Crippen molar-refractivity contribution in [3.63, 3.8) is 0 Å². The molecule has 1 heterocycles. The lowest BCUT2D eigenvalue weighted by Gasteiger charge is -2.10. The molecule has 2 N–H and O–H groups in total. The fourth-order valence-electron chi connectivity index (χ4n) is 2.62. The lowest BCUT2D eigenvalue weighted by atomic mass is 10.1. The molecule has 0 atom stereocenters. The number of nitrogens with zero attached hydrogens (tertiary/aromatic N) is 1. The standard InChI is InChI=1S/C22H21N3O2/c1-14-8-9-18(12-16(14)3)24-21(26)17-10-11-23-20(13-17)22(27)25-19-7-5-4-6-15(19)2/h4-13H,1-3H3,(H,24,26)(H,25,27). The minimum Gasteiger partial charge on any atom is -0.322 e. The Hall–Kier alpha value is -3.47. The number of para-hydroxylation sites is 1. The Bertz CT molecular complexity index is 1010. The van der Waals surface area contributed by atoms with E-state index in [9.17, 15) is 9.59 Å². The maximum absolute atomic E-state index is 12.5. The van der Waals surface area contributed by atoms with Gasteiger partial charge in [0.1, 0.15) is 5.69 Å². The van der Waals surface area contributed by atoms with Crippen molar-refractivity contribution in [3.05, 3.63) is 88.7 Å². The van der Waals surface area contributed by atoms with Gasteiger partial charge in [-0.15, -0.1) is 0 Å². The van der Waals surface area contributed by atoms with Gasteiger partial charge >= 0.3 is 0 Å². The molecule has 1 aromatic heterocycles. The molecular formula is C22H21N3O2. The number of aryl methyl sites for hydroxylation is 3. The van der Waals surface area contributed by atoms with Crippen molar-refractivity contribution >= 4 is 23.2 Å². The summed E-state index contributed by atoms with van der Waals surface area (Å²) in [5.74, 6) is -0.643. The van der Waals surface area contributed by atoms with Crippen molar-refractivity contribution < 1.29 is 9.59 Å². The summed E-state index contributed by atoms with van der Waals surface area (Å²) in [6, 6.07) is 16.3. The van der Waals surface area contributed by atoms with Gasteiger partial charge in [0.2, 0.25) is 0 Å². The van der Waals surface area contributed by atoms with Crippen LogP contribution in [0.3, 0.4) is 0 Å². The third kappa shape index (κ3) is 4.39. The van der Waals surface area contributed by atoms with Gasteiger partial charge in [-0.05, 0) is 67.8 Å². The van der Waals surface area contributed by atoms with Gasteiger partial charge in [-0.1, -0.05) is 24.3 Å². The molecule has 0 aliphatic heterocycles. The highest BCUT2D eigenvalue weighted by molar-refractivity contribution is 6.08. The third-order valence-electron chi connectivity index (χ3n) is 4.41. The van der Waals surface area contributed by atoms with Crippen molar-refractivity contribution in [2.24, 2.45) is 0 Å². The fraction of sp³-hybridized carbons (Fsp3) is 0.136. The number of nitrogens with one attached hydrogen (secondary N) is 2. The van der Waals surface area contributed by atoms with E-state index in [0.717, 1.165) is 16.7 Å². The SMILES string of the molecule is Cc1ccc(NC(=O)c2ccnc(C(=O)Nc3ccccc3C)c2)cc1C. The van der Waals surface area contributed by atoms with Crippen LogP contribution in [0.1, 0.15) is 37.5 Å². The predicted octanol–water partition coefficient (Wildman–Crippen LogP) is 4.51. The summed E-state index contributed by atoms with van der Waals surface area (Å²) in [5, 5.41) is 5.68. The van der Waals surface area contributed by atoms with Crippen LogP contribution in [0, 0.1) is 20.8 Å². The first-order valence-electron chi connectivity index (χ1n) is 8.65. The Morgan fingerprint density at radius 1 is 0.778 bits per heavy atom. The van der Waals surface area contributed by atoms with Crippen molar-refractivity contribution in [2.45, 2.75) is 20.8 Å². The zero-order chi connectivity index (χ0) is 19.4. The number of anilines is 2. The van der Waals surface area contributed by atoms with E-state index in [1.54, 1.807) is 6.07 Å². The largest absolute Gasteiger partial charge is 0.322 e. The lowest BCUT2D eigenvalue weighted by molar-refractivity contribution is 0.102. The molecule has 0 unspecified atom stereocenters. The Morgan fingerprint density at radius 2 is 1.56 bits per heavy atom. The Labute approximate surface area is 158 Å². The number of benzene rings is 2. The van der Waals surface area contributed by atoms with E-state index < -0.39 is 0 Å². The fourth-order valence-corrected chi connectivity index (χ4v) is 2.62. The quantitative estimate of drug-likeness (QED) is 0.720. The number of aromatic nitrogens is 1. The molecule has 0 radical (unpaired) electrons. The van der Waals surface area contributed by atoms with Crippen LogP contribution in [0.15, 0.2) is 60.8 Å². The number of hydrogen-bond donors (Lipinski definition) is 2. The summed E-state index contributed by atoms with van der Waals surface area (Å²) < 4.78 is 0. The molecule has 0 spiro atoms. The first-order chi connectivity index (χ1) is 12.9. The molecule has 0 aliphatic rings. The number of amides is 2. The van der Waals surface area contributed by atoms with Crippen LogP contribution in [0.4, 0.5) is 11.4 Å². The topological polar surface area (TPSA) is 71.1 Å². The average Bonchev–Trinajstić information content (AvgIpc) is 2.66. The van der Waals surface area contributed by atoms with Crippen molar-refractivity contribution in [3.8, 4) is 0 Å². The zero-order valence-corrected chi connectivity index (χ0v) is 15.5. The summed E-state index contributed by atoms with van der Waals surface area (Å²) in [6.07, 6.45) is 1.46. The highest BCUT2D eigenvalue weighted by Gasteiger charge is 2.13. The Balaban J connectivity index is 1.76. The normalized spacial score (nSPS) is 10.3. The molecule has 0 saturated heterocycles. The van der Waals surface area contributed by atoms with Crippen LogP contribution < -0.4 is 10.6 Å². The predicted molar refractivity (Wildman–Crippen MR) is 107 cm³/mol. The summed E-state index contributed by atoms with van der Waals surface area (Å²) >= 11 is 0. The van der Waals surface area contributed by atoms with Crippen LogP contribution in [0.5, 0.6) is 0 Å². The smallest absolute Gasteiger partial charge is 0.274 e. The molecular weight excluding hydrogens is 338 g/mol. The van der Waals surface area contributed by atoms with Gasteiger partial charge in [0, 0.05) is 23.1 Å². The molecule has 0 saturated carbocycles. The highest BCUT2D eigenvalue weighted by atomic mass is 16.2. The molecule has 3 aromatic rings. The Morgan fingerprint density at radius 3 is 2.30 bits per heavy atom. The Kier molecular flexibility index (Phi) is 5.31. The maximum atomic E-state index is 12.5. The van der Waals surface area contributed by atoms with Gasteiger partial charge in [-0.2, -0.15) is 0 Å². The minimum absolute atomic E-state index is 0.186. The second-order valence-electron chi connectivity index (χ2n) is 6.45. The molecule has 0 aliphatic carbocycles. The molecule has 0 bridgehead atoms. The number of carbonyl (C=O) groups excluding carboxylic acids is 2. The van der Waals surface area contributed by atoms with E-state index in [1.807, 2.05) is 63.2 Å². The maximum Gasteiger partial charge on any atom is 0.274 e. The molecule has 3 rings (SSSR count). The van der Waals surface area contributed by atoms with Gasteiger partial charge in [0.15, 0.2) is 0 Å². The van der Waals surface area contributed by atoms with E-state index in [-0.39, 0.29) is 17.5 Å². The van der Waals surface area contributed by atoms with Gasteiger partial charge in [0.25, 0.3) is 11.8 Å². The van der Waals surface area contributed by atoms with Crippen molar-refractivity contribution in [2.75, 3.05) is 10.6 Å². The summed E-state index contributed by atoms with van der Waals surface area (Å²) in [6.45, 7) is 5.92. The zero-order valence-electron chi connectivity index (χ0n) is 15.5. The molecule has 5 nitrogen and oxygen atoms in total. The number of pyridine rings is 1. The molecule has 136 valence electrons. The van der Waals surface area contributed by atoms with Crippen molar-refractivity contribution in [1.82, 2.24) is 4.98 Å². The third-order valence-corrected chi connectivity index (χ3v) is 4.41. The summed E-state index contributed by atoms with van der Waals surface area (Å²) in [5.41, 5.74) is 5.20. The van der Waals surface area contributed by atoms with Gasteiger partial charge in [0.05, 0.1) is 0 Å². The van der Waals surface area contributed by atoms with E-state index >= 15 is 0 Å². The van der Waals surface area contributed by atoms with Crippen LogP contribution in [0.2, 0.25) is 0 Å². The second kappa shape index (κ2) is 7.83. The van der Waals surface area contributed by atoms with Gasteiger partial charge < -0.3 is 10.6 Å².